The van der Waals surface area contributed by atoms with Crippen molar-refractivity contribution in [1.29, 1.82) is 0 Å². The van der Waals surface area contributed by atoms with E-state index >= 15 is 0 Å². The Bertz CT molecular complexity index is 697. The molecule has 1 aliphatic rings. The molecule has 1 heterocycles. The van der Waals surface area contributed by atoms with E-state index in [0.717, 1.165) is 11.8 Å². The molecule has 1 saturated heterocycles. The molecule has 0 unspecified atom stereocenters. The molecule has 0 bridgehead atoms. The molecule has 8 heteroatoms. The summed E-state index contributed by atoms with van der Waals surface area (Å²) in [6.45, 7) is 1.48. The summed E-state index contributed by atoms with van der Waals surface area (Å²) in [6, 6.07) is 6.03. The SMILES string of the molecule is C/C(C(=O)Nc1ccccc1C(=O)O)=C1/SC(=S)NC1=O. The Morgan fingerprint density at radius 2 is 2.00 bits per heavy atom. The van der Waals surface area contributed by atoms with Gasteiger partial charge >= 0.3 is 5.97 Å². The number of carbonyl (C=O) groups is 3. The first-order valence-corrected chi connectivity index (χ1v) is 7.00. The third-order valence-electron chi connectivity index (χ3n) is 2.70. The lowest BCUT2D eigenvalue weighted by atomic mass is 10.1. The van der Waals surface area contributed by atoms with Gasteiger partial charge in [0.25, 0.3) is 11.8 Å². The van der Waals surface area contributed by atoms with Crippen molar-refractivity contribution >= 4 is 51.8 Å². The highest BCUT2D eigenvalue weighted by molar-refractivity contribution is 8.26. The van der Waals surface area contributed by atoms with Gasteiger partial charge in [-0.05, 0) is 19.1 Å². The number of carboxylic acids is 1. The molecule has 2 rings (SSSR count). The van der Waals surface area contributed by atoms with Gasteiger partial charge in [0.05, 0.1) is 16.2 Å². The van der Waals surface area contributed by atoms with E-state index < -0.39 is 17.8 Å². The van der Waals surface area contributed by atoms with Gasteiger partial charge in [0.15, 0.2) is 0 Å². The summed E-state index contributed by atoms with van der Waals surface area (Å²) in [5, 5.41) is 14.0. The number of carboxylic acid groups (broad SMARTS) is 1. The molecule has 1 aliphatic heterocycles. The van der Waals surface area contributed by atoms with Gasteiger partial charge in [-0.15, -0.1) is 0 Å². The molecule has 21 heavy (non-hydrogen) atoms. The van der Waals surface area contributed by atoms with Crippen LogP contribution in [0.4, 0.5) is 5.69 Å². The highest BCUT2D eigenvalue weighted by Gasteiger charge is 2.27. The number of carbonyl (C=O) groups excluding carboxylic acids is 2. The molecule has 0 radical (unpaired) electrons. The lowest BCUT2D eigenvalue weighted by Gasteiger charge is -2.09. The molecule has 3 N–H and O–H groups in total. The van der Waals surface area contributed by atoms with Crippen molar-refractivity contribution in [2.75, 3.05) is 5.32 Å². The lowest BCUT2D eigenvalue weighted by molar-refractivity contribution is -0.116. The van der Waals surface area contributed by atoms with Crippen molar-refractivity contribution in [3.8, 4) is 0 Å². The van der Waals surface area contributed by atoms with Crippen LogP contribution in [-0.4, -0.2) is 27.2 Å². The summed E-state index contributed by atoms with van der Waals surface area (Å²) >= 11 is 5.86. The van der Waals surface area contributed by atoms with Crippen molar-refractivity contribution in [2.45, 2.75) is 6.92 Å². The van der Waals surface area contributed by atoms with Crippen LogP contribution in [0.2, 0.25) is 0 Å². The molecule has 0 aromatic heterocycles. The summed E-state index contributed by atoms with van der Waals surface area (Å²) in [5.41, 5.74) is 0.321. The number of amides is 2. The maximum Gasteiger partial charge on any atom is 0.337 e. The van der Waals surface area contributed by atoms with Crippen LogP contribution in [0.3, 0.4) is 0 Å². The summed E-state index contributed by atoms with van der Waals surface area (Å²) in [5.74, 6) is -2.12. The zero-order valence-corrected chi connectivity index (χ0v) is 12.4. The average Bonchev–Trinajstić information content (AvgIpc) is 2.77. The smallest absolute Gasteiger partial charge is 0.337 e. The van der Waals surface area contributed by atoms with Gasteiger partial charge in [-0.1, -0.05) is 36.1 Å². The highest BCUT2D eigenvalue weighted by atomic mass is 32.2. The Morgan fingerprint density at radius 1 is 1.33 bits per heavy atom. The van der Waals surface area contributed by atoms with Crippen LogP contribution < -0.4 is 10.6 Å². The number of anilines is 1. The van der Waals surface area contributed by atoms with Crippen molar-refractivity contribution in [3.05, 3.63) is 40.3 Å². The number of benzene rings is 1. The fourth-order valence-electron chi connectivity index (χ4n) is 1.66. The predicted octanol–water partition coefficient (Wildman–Crippen LogP) is 1.75. The molecule has 0 spiro atoms. The van der Waals surface area contributed by atoms with Gasteiger partial charge in [0.2, 0.25) is 0 Å². The second kappa shape index (κ2) is 6.06. The monoisotopic (exact) mass is 322 g/mol. The van der Waals surface area contributed by atoms with E-state index in [4.69, 9.17) is 17.3 Å². The molecular weight excluding hydrogens is 312 g/mol. The molecule has 0 atom stereocenters. The Morgan fingerprint density at radius 3 is 2.57 bits per heavy atom. The number of hydrogen-bond acceptors (Lipinski definition) is 5. The average molecular weight is 322 g/mol. The van der Waals surface area contributed by atoms with E-state index in [9.17, 15) is 14.4 Å². The summed E-state index contributed by atoms with van der Waals surface area (Å²) in [6.07, 6.45) is 0. The largest absolute Gasteiger partial charge is 0.478 e. The number of thioether (sulfide) groups is 1. The molecule has 0 aliphatic carbocycles. The van der Waals surface area contributed by atoms with Crippen LogP contribution in [0.25, 0.3) is 0 Å². The normalized spacial score (nSPS) is 16.4. The van der Waals surface area contributed by atoms with E-state index in [0.29, 0.717) is 0 Å². The van der Waals surface area contributed by atoms with Crippen molar-refractivity contribution in [3.63, 3.8) is 0 Å². The topological polar surface area (TPSA) is 95.5 Å². The standard InChI is InChI=1S/C13H10N2O4S2/c1-6(9-11(17)15-13(20)21-9)10(16)14-8-5-3-2-4-7(8)12(18)19/h2-5H,1H3,(H,14,16)(H,18,19)(H,15,17,20)/b9-6-. The van der Waals surface area contributed by atoms with Crippen LogP contribution in [0.15, 0.2) is 34.7 Å². The van der Waals surface area contributed by atoms with Crippen LogP contribution in [0.1, 0.15) is 17.3 Å². The Labute approximate surface area is 129 Å². The zero-order chi connectivity index (χ0) is 15.6. The zero-order valence-electron chi connectivity index (χ0n) is 10.8. The van der Waals surface area contributed by atoms with Gasteiger partial charge in [-0.25, -0.2) is 4.79 Å². The first-order chi connectivity index (χ1) is 9.90. The van der Waals surface area contributed by atoms with Crippen molar-refractivity contribution < 1.29 is 19.5 Å². The second-order valence-electron chi connectivity index (χ2n) is 4.10. The van der Waals surface area contributed by atoms with E-state index in [-0.39, 0.29) is 26.0 Å². The maximum absolute atomic E-state index is 12.1. The molecular formula is C13H10N2O4S2. The van der Waals surface area contributed by atoms with Crippen molar-refractivity contribution in [2.24, 2.45) is 0 Å². The van der Waals surface area contributed by atoms with Gasteiger partial charge in [-0.2, -0.15) is 0 Å². The number of nitrogens with one attached hydrogen (secondary N) is 2. The second-order valence-corrected chi connectivity index (χ2v) is 5.79. The van der Waals surface area contributed by atoms with E-state index in [1.54, 1.807) is 12.1 Å². The summed E-state index contributed by atoms with van der Waals surface area (Å²) < 4.78 is 0.285. The minimum Gasteiger partial charge on any atom is -0.478 e. The Balaban J connectivity index is 2.27. The fourth-order valence-corrected chi connectivity index (χ4v) is 2.72. The van der Waals surface area contributed by atoms with Crippen LogP contribution in [0, 0.1) is 0 Å². The molecule has 2 amide bonds. The van der Waals surface area contributed by atoms with Gasteiger partial charge in [0, 0.05) is 5.57 Å². The Hall–Kier alpha value is -2.19. The fraction of sp³-hybridized carbons (Fsp3) is 0.0769. The first-order valence-electron chi connectivity index (χ1n) is 5.78. The third kappa shape index (κ3) is 3.29. The summed E-state index contributed by atoms with van der Waals surface area (Å²) in [4.78, 5) is 35.0. The van der Waals surface area contributed by atoms with Crippen LogP contribution in [-0.2, 0) is 9.59 Å². The van der Waals surface area contributed by atoms with Gasteiger partial charge in [0.1, 0.15) is 4.32 Å². The van der Waals surface area contributed by atoms with Crippen molar-refractivity contribution in [1.82, 2.24) is 5.32 Å². The molecule has 6 nitrogen and oxygen atoms in total. The van der Waals surface area contributed by atoms with E-state index in [1.807, 2.05) is 0 Å². The summed E-state index contributed by atoms with van der Waals surface area (Å²) in [7, 11) is 0. The quantitative estimate of drug-likeness (QED) is 0.579. The minimum atomic E-state index is -1.15. The van der Waals surface area contributed by atoms with Crippen LogP contribution in [0.5, 0.6) is 0 Å². The number of hydrogen-bond donors (Lipinski definition) is 3. The predicted molar refractivity (Wildman–Crippen MR) is 83.1 cm³/mol. The van der Waals surface area contributed by atoms with E-state index in [2.05, 4.69) is 10.6 Å². The number of rotatable bonds is 3. The molecule has 1 aromatic rings. The van der Waals surface area contributed by atoms with Gasteiger partial charge in [-0.3, -0.25) is 9.59 Å². The first kappa shape index (κ1) is 15.2. The maximum atomic E-state index is 12.1. The number of aromatic carboxylic acids is 1. The van der Waals surface area contributed by atoms with Crippen LogP contribution >= 0.6 is 24.0 Å². The molecule has 1 fully saturated rings. The lowest BCUT2D eigenvalue weighted by Crippen LogP contribution is -2.21. The molecule has 108 valence electrons. The number of para-hydroxylation sites is 1. The molecule has 0 saturated carbocycles. The highest BCUT2D eigenvalue weighted by Crippen LogP contribution is 2.27. The van der Waals surface area contributed by atoms with E-state index in [1.165, 1.54) is 19.1 Å². The van der Waals surface area contributed by atoms with Gasteiger partial charge < -0.3 is 15.7 Å². The minimum absolute atomic E-state index is 0.0253. The molecule has 1 aromatic carbocycles. The number of thiocarbonyl (C=S) groups is 1. The Kier molecular flexibility index (Phi) is 4.39. The third-order valence-corrected chi connectivity index (χ3v) is 4.04.